The number of likely N-dealkylation sites (N-methyl/N-ethyl adjacent to an activating group) is 1. The first-order chi connectivity index (χ1) is 9.57. The number of esters is 1. The van der Waals surface area contributed by atoms with Crippen molar-refractivity contribution in [2.75, 3.05) is 27.7 Å². The molecule has 2 rings (SSSR count). The summed E-state index contributed by atoms with van der Waals surface area (Å²) in [5.74, 6) is 0.585. The fourth-order valence-electron chi connectivity index (χ4n) is 2.92. The van der Waals surface area contributed by atoms with Gasteiger partial charge in [0.1, 0.15) is 5.76 Å². The van der Waals surface area contributed by atoms with Crippen LogP contribution in [0.5, 0.6) is 0 Å². The summed E-state index contributed by atoms with van der Waals surface area (Å²) in [6.07, 6.45) is 5.07. The highest BCUT2D eigenvalue weighted by Gasteiger charge is 2.35. The number of carbonyl (C=O) groups is 1. The molecule has 1 aliphatic rings. The quantitative estimate of drug-likeness (QED) is 0.808. The molecule has 1 N–H and O–H groups in total. The van der Waals surface area contributed by atoms with Gasteiger partial charge in [0.2, 0.25) is 5.76 Å². The minimum absolute atomic E-state index is 0.257. The summed E-state index contributed by atoms with van der Waals surface area (Å²) in [5, 5.41) is 3.45. The van der Waals surface area contributed by atoms with E-state index in [-0.39, 0.29) is 11.3 Å². The summed E-state index contributed by atoms with van der Waals surface area (Å²) in [6.45, 7) is 1.57. The van der Waals surface area contributed by atoms with E-state index in [9.17, 15) is 4.79 Å². The number of nitrogens with one attached hydrogen (secondary N) is 1. The van der Waals surface area contributed by atoms with E-state index >= 15 is 0 Å². The zero-order valence-electron chi connectivity index (χ0n) is 12.6. The second-order valence-electron chi connectivity index (χ2n) is 5.69. The monoisotopic (exact) mass is 280 g/mol. The van der Waals surface area contributed by atoms with Crippen LogP contribution in [0.15, 0.2) is 16.5 Å². The maximum Gasteiger partial charge on any atom is 0.373 e. The molecule has 0 atom stereocenters. The summed E-state index contributed by atoms with van der Waals surface area (Å²) < 4.78 is 10.1. The second kappa shape index (κ2) is 6.41. The van der Waals surface area contributed by atoms with E-state index in [1.54, 1.807) is 6.07 Å². The number of nitrogens with zero attached hydrogens (tertiary/aromatic N) is 1. The van der Waals surface area contributed by atoms with Crippen LogP contribution in [0.4, 0.5) is 0 Å². The van der Waals surface area contributed by atoms with Gasteiger partial charge in [-0.3, -0.25) is 0 Å². The summed E-state index contributed by atoms with van der Waals surface area (Å²) in [5.41, 5.74) is 0.262. The van der Waals surface area contributed by atoms with Gasteiger partial charge in [-0.05, 0) is 39.1 Å². The number of carbonyl (C=O) groups excluding carboxylic acids is 1. The maximum atomic E-state index is 11.3. The predicted octanol–water partition coefficient (Wildman–Crippen LogP) is 2.03. The number of hydrogen-bond acceptors (Lipinski definition) is 5. The first-order valence-electron chi connectivity index (χ1n) is 7.12. The fraction of sp³-hybridized carbons (Fsp3) is 0.667. The lowest BCUT2D eigenvalue weighted by Crippen LogP contribution is -2.49. The van der Waals surface area contributed by atoms with Crippen LogP contribution in [0.2, 0.25) is 0 Å². The third-order valence-corrected chi connectivity index (χ3v) is 4.28. The highest BCUT2D eigenvalue weighted by Crippen LogP contribution is 2.33. The van der Waals surface area contributed by atoms with Crippen molar-refractivity contribution < 1.29 is 13.9 Å². The van der Waals surface area contributed by atoms with Crippen molar-refractivity contribution in [2.45, 2.75) is 37.8 Å². The second-order valence-corrected chi connectivity index (χ2v) is 5.69. The lowest BCUT2D eigenvalue weighted by molar-refractivity contribution is 0.0562. The van der Waals surface area contributed by atoms with Gasteiger partial charge in [-0.25, -0.2) is 4.79 Å². The normalized spacial score (nSPS) is 17.6. The van der Waals surface area contributed by atoms with Gasteiger partial charge in [0.25, 0.3) is 0 Å². The Kier molecular flexibility index (Phi) is 4.83. The van der Waals surface area contributed by atoms with E-state index in [1.807, 2.05) is 6.07 Å². The Bertz CT molecular complexity index is 448. The molecule has 5 nitrogen and oxygen atoms in total. The van der Waals surface area contributed by atoms with Crippen molar-refractivity contribution >= 4 is 5.97 Å². The van der Waals surface area contributed by atoms with Crippen LogP contribution in [0.25, 0.3) is 0 Å². The van der Waals surface area contributed by atoms with Gasteiger partial charge in [0.05, 0.1) is 13.7 Å². The Labute approximate surface area is 120 Å². The maximum absolute atomic E-state index is 11.3. The van der Waals surface area contributed by atoms with Gasteiger partial charge in [-0.1, -0.05) is 12.8 Å². The van der Waals surface area contributed by atoms with E-state index in [4.69, 9.17) is 4.42 Å². The molecule has 1 saturated carbocycles. The topological polar surface area (TPSA) is 54.7 Å². The van der Waals surface area contributed by atoms with Crippen LogP contribution in [0.1, 0.15) is 42.0 Å². The van der Waals surface area contributed by atoms with Gasteiger partial charge >= 0.3 is 5.97 Å². The summed E-state index contributed by atoms with van der Waals surface area (Å²) >= 11 is 0. The van der Waals surface area contributed by atoms with Crippen molar-refractivity contribution in [2.24, 2.45) is 0 Å². The molecule has 0 amide bonds. The van der Waals surface area contributed by atoms with Crippen LogP contribution in [-0.2, 0) is 11.3 Å². The summed E-state index contributed by atoms with van der Waals surface area (Å²) in [4.78, 5) is 13.6. The molecular weight excluding hydrogens is 256 g/mol. The van der Waals surface area contributed by atoms with Gasteiger partial charge in [-0.15, -0.1) is 0 Å². The third kappa shape index (κ3) is 3.22. The highest BCUT2D eigenvalue weighted by atomic mass is 16.5. The zero-order chi connectivity index (χ0) is 14.6. The number of furan rings is 1. The summed E-state index contributed by atoms with van der Waals surface area (Å²) in [7, 11) is 5.65. The molecule has 1 aliphatic carbocycles. The van der Waals surface area contributed by atoms with E-state index in [2.05, 4.69) is 29.0 Å². The molecule has 0 radical (unpaired) electrons. The van der Waals surface area contributed by atoms with Crippen LogP contribution in [0.3, 0.4) is 0 Å². The minimum Gasteiger partial charge on any atom is -0.463 e. The number of rotatable bonds is 6. The van der Waals surface area contributed by atoms with Gasteiger partial charge in [-0.2, -0.15) is 0 Å². The Hall–Kier alpha value is -1.33. The summed E-state index contributed by atoms with van der Waals surface area (Å²) in [6, 6.07) is 3.47. The van der Waals surface area contributed by atoms with Gasteiger partial charge in [0.15, 0.2) is 0 Å². The molecule has 20 heavy (non-hydrogen) atoms. The molecule has 1 aromatic rings. The van der Waals surface area contributed by atoms with Crippen molar-refractivity contribution in [3.8, 4) is 0 Å². The van der Waals surface area contributed by atoms with Crippen molar-refractivity contribution in [3.63, 3.8) is 0 Å². The van der Waals surface area contributed by atoms with E-state index < -0.39 is 5.97 Å². The highest BCUT2D eigenvalue weighted by molar-refractivity contribution is 5.86. The molecule has 0 bridgehead atoms. The molecule has 1 aromatic heterocycles. The SMILES string of the molecule is COC(=O)c1ccc(CNCC2(N(C)C)CCCC2)o1. The van der Waals surface area contributed by atoms with Crippen molar-refractivity contribution in [1.29, 1.82) is 0 Å². The van der Waals surface area contributed by atoms with Crippen LogP contribution < -0.4 is 5.32 Å². The molecule has 1 fully saturated rings. The molecule has 112 valence electrons. The Morgan fingerprint density at radius 2 is 2.10 bits per heavy atom. The predicted molar refractivity (Wildman–Crippen MR) is 76.6 cm³/mol. The third-order valence-electron chi connectivity index (χ3n) is 4.28. The first-order valence-corrected chi connectivity index (χ1v) is 7.12. The molecule has 0 unspecified atom stereocenters. The van der Waals surface area contributed by atoms with Crippen LogP contribution in [0, 0.1) is 0 Å². The Morgan fingerprint density at radius 3 is 2.70 bits per heavy atom. The van der Waals surface area contributed by atoms with Crippen molar-refractivity contribution in [3.05, 3.63) is 23.7 Å². The average Bonchev–Trinajstić information content (AvgIpc) is 3.08. The molecule has 0 saturated heterocycles. The first kappa shape index (κ1) is 15.1. The molecule has 1 heterocycles. The Morgan fingerprint density at radius 1 is 1.40 bits per heavy atom. The van der Waals surface area contributed by atoms with Crippen LogP contribution in [-0.4, -0.2) is 44.2 Å². The van der Waals surface area contributed by atoms with E-state index in [0.29, 0.717) is 6.54 Å². The molecule has 0 aromatic carbocycles. The Balaban J connectivity index is 1.86. The minimum atomic E-state index is -0.434. The molecular formula is C15H24N2O3. The van der Waals surface area contributed by atoms with Crippen LogP contribution >= 0.6 is 0 Å². The molecule has 5 heteroatoms. The number of ether oxygens (including phenoxy) is 1. The largest absolute Gasteiger partial charge is 0.463 e. The fourth-order valence-corrected chi connectivity index (χ4v) is 2.92. The van der Waals surface area contributed by atoms with E-state index in [1.165, 1.54) is 32.8 Å². The van der Waals surface area contributed by atoms with Gasteiger partial charge < -0.3 is 19.4 Å². The lowest BCUT2D eigenvalue weighted by atomic mass is 9.96. The number of hydrogen-bond donors (Lipinski definition) is 1. The zero-order valence-corrected chi connectivity index (χ0v) is 12.6. The van der Waals surface area contributed by atoms with Gasteiger partial charge in [0, 0.05) is 12.1 Å². The van der Waals surface area contributed by atoms with Crippen molar-refractivity contribution in [1.82, 2.24) is 10.2 Å². The lowest BCUT2D eigenvalue weighted by Gasteiger charge is -2.36. The molecule has 0 spiro atoms. The smallest absolute Gasteiger partial charge is 0.373 e. The standard InChI is InChI=1S/C15H24N2O3/c1-17(2)15(8-4-5-9-15)11-16-10-12-6-7-13(20-12)14(18)19-3/h6-7,16H,4-5,8-11H2,1-3H3. The van der Waals surface area contributed by atoms with E-state index in [0.717, 1.165) is 12.3 Å². The number of methoxy groups -OCH3 is 1. The average molecular weight is 280 g/mol. The molecule has 0 aliphatic heterocycles.